The van der Waals surface area contributed by atoms with Crippen LogP contribution in [0.25, 0.3) is 0 Å². The molecule has 1 rings (SSSR count). The Morgan fingerprint density at radius 1 is 1.65 bits per heavy atom. The molecule has 0 saturated heterocycles. The van der Waals surface area contributed by atoms with E-state index in [1.165, 1.54) is 0 Å². The first-order valence-corrected chi connectivity index (χ1v) is 6.28. The predicted molar refractivity (Wildman–Crippen MR) is 69.4 cm³/mol. The highest BCUT2D eigenvalue weighted by Gasteiger charge is 2.21. The minimum absolute atomic E-state index is 0.00318. The highest BCUT2D eigenvalue weighted by Crippen LogP contribution is 2.26. The summed E-state index contributed by atoms with van der Waals surface area (Å²) < 4.78 is 0. The van der Waals surface area contributed by atoms with Crippen LogP contribution < -0.4 is 0 Å². The summed E-state index contributed by atoms with van der Waals surface area (Å²) in [4.78, 5) is 18.3. The molecule has 1 unspecified atom stereocenters. The van der Waals surface area contributed by atoms with Crippen LogP contribution in [0.1, 0.15) is 28.5 Å². The molecule has 17 heavy (non-hydrogen) atoms. The van der Waals surface area contributed by atoms with Gasteiger partial charge in [0, 0.05) is 11.4 Å². The summed E-state index contributed by atoms with van der Waals surface area (Å²) >= 11 is 1.64. The molecule has 4 nitrogen and oxygen atoms in total. The Morgan fingerprint density at radius 3 is 2.71 bits per heavy atom. The molecule has 1 aromatic heterocycles. The van der Waals surface area contributed by atoms with Crippen LogP contribution in [0, 0.1) is 13.8 Å². The molecular weight excluding hydrogens is 236 g/mol. The molecule has 1 atom stereocenters. The van der Waals surface area contributed by atoms with Crippen LogP contribution in [0.3, 0.4) is 0 Å². The lowest BCUT2D eigenvalue weighted by atomic mass is 10.2. The summed E-state index contributed by atoms with van der Waals surface area (Å²) in [7, 11) is 0. The zero-order valence-corrected chi connectivity index (χ0v) is 11.3. The van der Waals surface area contributed by atoms with Crippen LogP contribution in [0.2, 0.25) is 0 Å². The molecule has 1 heterocycles. The first-order chi connectivity index (χ1) is 7.95. The van der Waals surface area contributed by atoms with Crippen molar-refractivity contribution in [3.63, 3.8) is 0 Å². The number of aliphatic carboxylic acids is 1. The van der Waals surface area contributed by atoms with E-state index >= 15 is 0 Å². The maximum absolute atomic E-state index is 10.8. The van der Waals surface area contributed by atoms with Crippen molar-refractivity contribution in [1.82, 2.24) is 9.88 Å². The average molecular weight is 254 g/mol. The molecule has 0 aliphatic heterocycles. The fourth-order valence-electron chi connectivity index (χ4n) is 1.80. The Morgan fingerprint density at radius 2 is 2.29 bits per heavy atom. The first-order valence-electron chi connectivity index (χ1n) is 5.46. The molecule has 1 N–H and O–H groups in total. The molecule has 0 bridgehead atoms. The number of rotatable bonds is 6. The number of aryl methyl sites for hydroxylation is 2. The van der Waals surface area contributed by atoms with Crippen molar-refractivity contribution in [3.05, 3.63) is 28.2 Å². The Labute approximate surface area is 106 Å². The van der Waals surface area contributed by atoms with Gasteiger partial charge >= 0.3 is 5.97 Å². The lowest BCUT2D eigenvalue weighted by Crippen LogP contribution is -2.33. The number of aromatic nitrogens is 1. The fourth-order valence-corrected chi connectivity index (χ4v) is 2.71. The van der Waals surface area contributed by atoms with Gasteiger partial charge in [-0.2, -0.15) is 0 Å². The van der Waals surface area contributed by atoms with Crippen molar-refractivity contribution in [1.29, 1.82) is 0 Å². The van der Waals surface area contributed by atoms with E-state index in [1.54, 1.807) is 17.4 Å². The van der Waals surface area contributed by atoms with Crippen molar-refractivity contribution in [2.45, 2.75) is 26.8 Å². The van der Waals surface area contributed by atoms with Crippen LogP contribution in [0.4, 0.5) is 0 Å². The third kappa shape index (κ3) is 3.64. The van der Waals surface area contributed by atoms with Crippen molar-refractivity contribution >= 4 is 17.3 Å². The SMILES string of the molecule is C=CCN(CC(=O)O)C(C)c1nc(C)sc1C. The van der Waals surface area contributed by atoms with Crippen molar-refractivity contribution in [3.8, 4) is 0 Å². The molecule has 0 fully saturated rings. The largest absolute Gasteiger partial charge is 0.480 e. The molecular formula is C12H18N2O2S. The van der Waals surface area contributed by atoms with E-state index in [0.29, 0.717) is 6.54 Å². The smallest absolute Gasteiger partial charge is 0.317 e. The number of carboxylic acids is 1. The average Bonchev–Trinajstić information content (AvgIpc) is 2.55. The minimum atomic E-state index is -0.830. The van der Waals surface area contributed by atoms with Gasteiger partial charge in [0.05, 0.1) is 23.3 Å². The summed E-state index contributed by atoms with van der Waals surface area (Å²) in [5, 5.41) is 9.90. The van der Waals surface area contributed by atoms with Crippen LogP contribution in [-0.2, 0) is 4.79 Å². The summed E-state index contributed by atoms with van der Waals surface area (Å²) in [5.41, 5.74) is 0.968. The topological polar surface area (TPSA) is 53.4 Å². The highest BCUT2D eigenvalue weighted by molar-refractivity contribution is 7.11. The highest BCUT2D eigenvalue weighted by atomic mass is 32.1. The normalized spacial score (nSPS) is 12.7. The number of hydrogen-bond donors (Lipinski definition) is 1. The van der Waals surface area contributed by atoms with E-state index < -0.39 is 5.97 Å². The number of nitrogens with zero attached hydrogens (tertiary/aromatic N) is 2. The fraction of sp³-hybridized carbons (Fsp3) is 0.500. The Balaban J connectivity index is 2.90. The van der Waals surface area contributed by atoms with Crippen LogP contribution in [0.5, 0.6) is 0 Å². The number of carbonyl (C=O) groups is 1. The lowest BCUT2D eigenvalue weighted by molar-refractivity contribution is -0.138. The molecule has 5 heteroatoms. The standard InChI is InChI=1S/C12H18N2O2S/c1-5-6-14(7-11(15)16)8(2)12-9(3)17-10(4)13-12/h5,8H,1,6-7H2,2-4H3,(H,15,16). The number of thiazole rings is 1. The van der Waals surface area contributed by atoms with Crippen molar-refractivity contribution in [2.75, 3.05) is 13.1 Å². The maximum Gasteiger partial charge on any atom is 0.317 e. The summed E-state index contributed by atoms with van der Waals surface area (Å²) in [6.07, 6.45) is 1.72. The van der Waals surface area contributed by atoms with Crippen LogP contribution >= 0.6 is 11.3 Å². The zero-order valence-electron chi connectivity index (χ0n) is 10.4. The first kappa shape index (κ1) is 13.9. The summed E-state index contributed by atoms with van der Waals surface area (Å²) in [6.45, 7) is 10.2. The Hall–Kier alpha value is -1.20. The van der Waals surface area contributed by atoms with E-state index in [0.717, 1.165) is 15.6 Å². The third-order valence-corrected chi connectivity index (χ3v) is 3.49. The van der Waals surface area contributed by atoms with Gasteiger partial charge in [-0.25, -0.2) is 4.98 Å². The van der Waals surface area contributed by atoms with Gasteiger partial charge in [-0.1, -0.05) is 6.08 Å². The zero-order chi connectivity index (χ0) is 13.0. The second-order valence-corrected chi connectivity index (χ2v) is 5.37. The van der Waals surface area contributed by atoms with Gasteiger partial charge in [0.2, 0.25) is 0 Å². The third-order valence-electron chi connectivity index (χ3n) is 2.58. The summed E-state index contributed by atoms with van der Waals surface area (Å²) in [6, 6.07) is -0.00551. The van der Waals surface area contributed by atoms with E-state index in [1.807, 2.05) is 25.7 Å². The minimum Gasteiger partial charge on any atom is -0.480 e. The molecule has 0 aromatic carbocycles. The van der Waals surface area contributed by atoms with Crippen LogP contribution in [0.15, 0.2) is 12.7 Å². The second-order valence-electron chi connectivity index (χ2n) is 3.96. The lowest BCUT2D eigenvalue weighted by Gasteiger charge is -2.25. The monoisotopic (exact) mass is 254 g/mol. The molecule has 0 saturated carbocycles. The van der Waals surface area contributed by atoms with E-state index in [-0.39, 0.29) is 12.6 Å². The van der Waals surface area contributed by atoms with Gasteiger partial charge in [0.15, 0.2) is 0 Å². The molecule has 0 aliphatic carbocycles. The molecule has 0 radical (unpaired) electrons. The van der Waals surface area contributed by atoms with Gasteiger partial charge in [-0.3, -0.25) is 9.69 Å². The molecule has 94 valence electrons. The molecule has 0 spiro atoms. The quantitative estimate of drug-likeness (QED) is 0.792. The number of carboxylic acid groups (broad SMARTS) is 1. The Bertz CT molecular complexity index is 415. The Kier molecular flexibility index (Phi) is 4.84. The predicted octanol–water partition coefficient (Wildman–Crippen LogP) is 2.39. The molecule has 0 aliphatic rings. The van der Waals surface area contributed by atoms with Gasteiger partial charge in [-0.05, 0) is 20.8 Å². The molecule has 0 amide bonds. The van der Waals surface area contributed by atoms with Crippen molar-refractivity contribution < 1.29 is 9.90 Å². The van der Waals surface area contributed by atoms with Gasteiger partial charge < -0.3 is 5.11 Å². The van der Waals surface area contributed by atoms with Crippen molar-refractivity contribution in [2.24, 2.45) is 0 Å². The van der Waals surface area contributed by atoms with E-state index in [2.05, 4.69) is 11.6 Å². The van der Waals surface area contributed by atoms with E-state index in [9.17, 15) is 4.79 Å². The molecule has 1 aromatic rings. The van der Waals surface area contributed by atoms with Gasteiger partial charge in [0.25, 0.3) is 0 Å². The summed E-state index contributed by atoms with van der Waals surface area (Å²) in [5.74, 6) is -0.830. The second kappa shape index (κ2) is 5.93. The van der Waals surface area contributed by atoms with Gasteiger partial charge in [0.1, 0.15) is 0 Å². The van der Waals surface area contributed by atoms with Crippen LogP contribution in [-0.4, -0.2) is 34.0 Å². The maximum atomic E-state index is 10.8. The van der Waals surface area contributed by atoms with Gasteiger partial charge in [-0.15, -0.1) is 17.9 Å². The van der Waals surface area contributed by atoms with E-state index in [4.69, 9.17) is 5.11 Å². The number of hydrogen-bond acceptors (Lipinski definition) is 4.